The van der Waals surface area contributed by atoms with Crippen LogP contribution >= 0.6 is 15.9 Å². The first-order chi connectivity index (χ1) is 14.8. The van der Waals surface area contributed by atoms with E-state index in [1.54, 1.807) is 0 Å². The minimum atomic E-state index is 0.386. The molecule has 1 atom stereocenters. The first-order valence-corrected chi connectivity index (χ1v) is 12.0. The number of aromatic nitrogens is 2. The lowest BCUT2D eigenvalue weighted by Gasteiger charge is -2.35. The summed E-state index contributed by atoms with van der Waals surface area (Å²) in [6.07, 6.45) is 7.28. The zero-order valence-corrected chi connectivity index (χ0v) is 18.9. The minimum Gasteiger partial charge on any atom is -0.370 e. The lowest BCUT2D eigenvalue weighted by Crippen LogP contribution is -2.33. The van der Waals surface area contributed by atoms with Crippen molar-refractivity contribution in [3.8, 4) is 5.69 Å². The molecule has 0 bridgehead atoms. The summed E-state index contributed by atoms with van der Waals surface area (Å²) >= 11 is 3.74. The largest absolute Gasteiger partial charge is 0.370 e. The van der Waals surface area contributed by atoms with Crippen LogP contribution in [-0.2, 0) is 13.0 Å². The summed E-state index contributed by atoms with van der Waals surface area (Å²) < 4.78 is 3.23. The van der Waals surface area contributed by atoms with E-state index in [-0.39, 0.29) is 0 Å². The van der Waals surface area contributed by atoms with Gasteiger partial charge in [0.05, 0.1) is 17.4 Å². The number of fused-ring (bicyclic) bond motifs is 1. The smallest absolute Gasteiger partial charge is 0.133 e. The Kier molecular flexibility index (Phi) is 5.91. The lowest BCUT2D eigenvalue weighted by atomic mass is 9.94. The van der Waals surface area contributed by atoms with E-state index in [0.717, 1.165) is 36.2 Å². The van der Waals surface area contributed by atoms with Gasteiger partial charge in [0.2, 0.25) is 0 Å². The van der Waals surface area contributed by atoms with Gasteiger partial charge in [0.1, 0.15) is 5.82 Å². The molecule has 3 aromatic rings. The second kappa shape index (κ2) is 8.94. The Labute approximate surface area is 187 Å². The van der Waals surface area contributed by atoms with E-state index in [4.69, 9.17) is 5.10 Å². The average molecular weight is 465 g/mol. The van der Waals surface area contributed by atoms with Crippen LogP contribution in [0.5, 0.6) is 0 Å². The predicted molar refractivity (Wildman–Crippen MR) is 126 cm³/mol. The number of para-hydroxylation sites is 1. The Morgan fingerprint density at radius 1 is 0.967 bits per heavy atom. The quantitative estimate of drug-likeness (QED) is 0.505. The van der Waals surface area contributed by atoms with Crippen molar-refractivity contribution in [3.63, 3.8) is 0 Å². The van der Waals surface area contributed by atoms with Crippen LogP contribution in [0, 0.1) is 0 Å². The molecular formula is C25H29BrN4. The third-order valence-electron chi connectivity index (χ3n) is 6.40. The molecule has 5 rings (SSSR count). The maximum atomic E-state index is 5.26. The maximum absolute atomic E-state index is 5.26. The molecule has 1 aromatic heterocycles. The van der Waals surface area contributed by atoms with E-state index in [0.29, 0.717) is 6.04 Å². The van der Waals surface area contributed by atoms with Gasteiger partial charge in [0, 0.05) is 23.1 Å². The highest BCUT2D eigenvalue weighted by Crippen LogP contribution is 2.39. The number of anilines is 1. The van der Waals surface area contributed by atoms with Crippen molar-refractivity contribution < 1.29 is 0 Å². The normalized spacial score (nSPS) is 19.7. The van der Waals surface area contributed by atoms with Crippen LogP contribution < -0.4 is 5.32 Å². The third-order valence-corrected chi connectivity index (χ3v) is 7.07. The molecular weight excluding hydrogens is 436 g/mol. The van der Waals surface area contributed by atoms with Gasteiger partial charge in [-0.15, -0.1) is 0 Å². The van der Waals surface area contributed by atoms with Gasteiger partial charge in [-0.3, -0.25) is 4.90 Å². The summed E-state index contributed by atoms with van der Waals surface area (Å²) in [5, 5.41) is 8.97. The molecule has 2 aromatic carbocycles. The van der Waals surface area contributed by atoms with Crippen molar-refractivity contribution >= 4 is 21.7 Å². The highest BCUT2D eigenvalue weighted by atomic mass is 79.9. The lowest BCUT2D eigenvalue weighted by molar-refractivity contribution is 0.136. The van der Waals surface area contributed by atoms with Crippen LogP contribution in [0.2, 0.25) is 0 Å². The summed E-state index contributed by atoms with van der Waals surface area (Å²) in [4.78, 5) is 2.65. The van der Waals surface area contributed by atoms with Crippen LogP contribution in [0.25, 0.3) is 5.69 Å². The standard InChI is InChI=1S/C25H29BrN4/c26-21-13-4-5-14-22(21)30-25-20(12-6-8-16-27-25)24(28-30)23-15-7-9-17-29(23)18-19-10-2-1-3-11-19/h1-5,10-11,13-14,23,27H,6-9,12,15-18H2. The van der Waals surface area contributed by atoms with Crippen LogP contribution in [0.3, 0.4) is 0 Å². The monoisotopic (exact) mass is 464 g/mol. The molecule has 1 fully saturated rings. The van der Waals surface area contributed by atoms with Crippen molar-refractivity contribution in [2.75, 3.05) is 18.4 Å². The molecule has 3 heterocycles. The van der Waals surface area contributed by atoms with Gasteiger partial charge in [-0.1, -0.05) is 48.9 Å². The van der Waals surface area contributed by atoms with Crippen molar-refractivity contribution in [2.24, 2.45) is 0 Å². The van der Waals surface area contributed by atoms with Gasteiger partial charge in [-0.25, -0.2) is 4.68 Å². The fourth-order valence-corrected chi connectivity index (χ4v) is 5.35. The van der Waals surface area contributed by atoms with Gasteiger partial charge in [0.15, 0.2) is 0 Å². The highest BCUT2D eigenvalue weighted by Gasteiger charge is 2.31. The second-order valence-electron chi connectivity index (χ2n) is 8.43. The fraction of sp³-hybridized carbons (Fsp3) is 0.400. The molecule has 0 saturated carbocycles. The van der Waals surface area contributed by atoms with E-state index in [1.807, 2.05) is 0 Å². The molecule has 1 saturated heterocycles. The van der Waals surface area contributed by atoms with Gasteiger partial charge in [-0.05, 0) is 72.3 Å². The summed E-state index contributed by atoms with van der Waals surface area (Å²) in [6, 6.07) is 19.7. The van der Waals surface area contributed by atoms with Crippen LogP contribution in [0.15, 0.2) is 59.1 Å². The summed E-state index contributed by atoms with van der Waals surface area (Å²) in [5.41, 5.74) is 5.21. The van der Waals surface area contributed by atoms with Gasteiger partial charge in [-0.2, -0.15) is 5.10 Å². The number of nitrogens with one attached hydrogen (secondary N) is 1. The van der Waals surface area contributed by atoms with E-state index in [1.165, 1.54) is 54.7 Å². The highest BCUT2D eigenvalue weighted by molar-refractivity contribution is 9.10. The number of hydrogen-bond donors (Lipinski definition) is 1. The molecule has 156 valence electrons. The summed E-state index contributed by atoms with van der Waals surface area (Å²) in [7, 11) is 0. The van der Waals surface area contributed by atoms with E-state index < -0.39 is 0 Å². The van der Waals surface area contributed by atoms with Crippen molar-refractivity contribution in [3.05, 3.63) is 75.9 Å². The van der Waals surface area contributed by atoms with Gasteiger partial charge >= 0.3 is 0 Å². The summed E-state index contributed by atoms with van der Waals surface area (Å²) in [5.74, 6) is 1.19. The number of halogens is 1. The first kappa shape index (κ1) is 19.8. The number of hydrogen-bond acceptors (Lipinski definition) is 3. The van der Waals surface area contributed by atoms with Crippen LogP contribution in [-0.4, -0.2) is 27.8 Å². The number of likely N-dealkylation sites (tertiary alicyclic amines) is 1. The van der Waals surface area contributed by atoms with E-state index >= 15 is 0 Å². The van der Waals surface area contributed by atoms with E-state index in [2.05, 4.69) is 85.4 Å². The number of piperidine rings is 1. The Hall–Kier alpha value is -2.11. The Morgan fingerprint density at radius 3 is 2.67 bits per heavy atom. The third kappa shape index (κ3) is 3.93. The molecule has 1 unspecified atom stereocenters. The van der Waals surface area contributed by atoms with Crippen molar-refractivity contribution in [1.29, 1.82) is 0 Å². The molecule has 0 spiro atoms. The zero-order valence-electron chi connectivity index (χ0n) is 17.4. The van der Waals surface area contributed by atoms with Gasteiger partial charge < -0.3 is 5.32 Å². The number of benzene rings is 2. The Morgan fingerprint density at radius 2 is 1.80 bits per heavy atom. The minimum absolute atomic E-state index is 0.386. The zero-order chi connectivity index (χ0) is 20.3. The van der Waals surface area contributed by atoms with Gasteiger partial charge in [0.25, 0.3) is 0 Å². The molecule has 5 heteroatoms. The Balaban J connectivity index is 1.56. The average Bonchev–Trinajstić information content (AvgIpc) is 2.96. The molecule has 2 aliphatic heterocycles. The molecule has 0 aliphatic carbocycles. The first-order valence-electron chi connectivity index (χ1n) is 11.2. The Bertz CT molecular complexity index is 998. The summed E-state index contributed by atoms with van der Waals surface area (Å²) in [6.45, 7) is 3.15. The molecule has 0 amide bonds. The molecule has 4 nitrogen and oxygen atoms in total. The predicted octanol–water partition coefficient (Wildman–Crippen LogP) is 6.11. The molecule has 2 aliphatic rings. The molecule has 30 heavy (non-hydrogen) atoms. The van der Waals surface area contributed by atoms with Crippen molar-refractivity contribution in [2.45, 2.75) is 51.1 Å². The molecule has 1 N–H and O–H groups in total. The van der Waals surface area contributed by atoms with Crippen LogP contribution in [0.1, 0.15) is 55.0 Å². The van der Waals surface area contributed by atoms with Crippen molar-refractivity contribution in [1.82, 2.24) is 14.7 Å². The SMILES string of the molecule is Brc1ccccc1-n1nc(C2CCCCN2Cc2ccccc2)c2c1NCCCC2. The van der Waals surface area contributed by atoms with E-state index in [9.17, 15) is 0 Å². The number of nitrogens with zero attached hydrogens (tertiary/aromatic N) is 3. The molecule has 0 radical (unpaired) electrons. The maximum Gasteiger partial charge on any atom is 0.133 e. The topological polar surface area (TPSA) is 33.1 Å². The second-order valence-corrected chi connectivity index (χ2v) is 9.28. The van der Waals surface area contributed by atoms with Crippen LogP contribution in [0.4, 0.5) is 5.82 Å². The fourth-order valence-electron chi connectivity index (χ4n) is 4.90. The number of rotatable bonds is 4.